The van der Waals surface area contributed by atoms with Gasteiger partial charge in [0.1, 0.15) is 23.1 Å². The SMILES string of the molecule is COc1ccc(NC(=O)c2ccc(C(=O)Nc3c(F)cccc3F)cc2)cc1. The number of halogens is 2. The van der Waals surface area contributed by atoms with E-state index in [9.17, 15) is 18.4 Å². The molecule has 5 nitrogen and oxygen atoms in total. The number of hydrogen-bond acceptors (Lipinski definition) is 3. The van der Waals surface area contributed by atoms with Gasteiger partial charge >= 0.3 is 0 Å². The molecule has 0 aliphatic rings. The molecule has 0 bridgehead atoms. The van der Waals surface area contributed by atoms with Crippen LogP contribution in [0.4, 0.5) is 20.2 Å². The third-order valence-corrected chi connectivity index (χ3v) is 3.96. The first-order valence-electron chi connectivity index (χ1n) is 8.29. The molecule has 7 heteroatoms. The number of carbonyl (C=O) groups excluding carboxylic acids is 2. The quantitative estimate of drug-likeness (QED) is 0.684. The Hall–Kier alpha value is -3.74. The van der Waals surface area contributed by atoms with Crippen molar-refractivity contribution >= 4 is 23.2 Å². The van der Waals surface area contributed by atoms with Crippen LogP contribution in [0, 0.1) is 11.6 Å². The van der Waals surface area contributed by atoms with Gasteiger partial charge in [-0.25, -0.2) is 8.78 Å². The number of methoxy groups -OCH3 is 1. The summed E-state index contributed by atoms with van der Waals surface area (Å²) in [6, 6.07) is 15.8. The summed E-state index contributed by atoms with van der Waals surface area (Å²) in [6.45, 7) is 0. The van der Waals surface area contributed by atoms with Crippen LogP contribution in [0.3, 0.4) is 0 Å². The van der Waals surface area contributed by atoms with Crippen molar-refractivity contribution in [2.45, 2.75) is 0 Å². The van der Waals surface area contributed by atoms with E-state index in [0.717, 1.165) is 12.1 Å². The van der Waals surface area contributed by atoms with Crippen LogP contribution >= 0.6 is 0 Å². The van der Waals surface area contributed by atoms with Crippen molar-refractivity contribution in [2.75, 3.05) is 17.7 Å². The number of rotatable bonds is 5. The number of amides is 2. The van der Waals surface area contributed by atoms with E-state index >= 15 is 0 Å². The van der Waals surface area contributed by atoms with Crippen LogP contribution in [0.1, 0.15) is 20.7 Å². The third kappa shape index (κ3) is 4.32. The van der Waals surface area contributed by atoms with Gasteiger partial charge in [0.15, 0.2) is 0 Å². The number of carbonyl (C=O) groups is 2. The van der Waals surface area contributed by atoms with E-state index < -0.39 is 23.2 Å². The molecule has 3 aromatic carbocycles. The van der Waals surface area contributed by atoms with Crippen LogP contribution in [0.5, 0.6) is 5.75 Å². The third-order valence-electron chi connectivity index (χ3n) is 3.96. The molecular weight excluding hydrogens is 366 g/mol. The van der Waals surface area contributed by atoms with Crippen molar-refractivity contribution < 1.29 is 23.1 Å². The van der Waals surface area contributed by atoms with Crippen molar-refractivity contribution in [3.63, 3.8) is 0 Å². The molecule has 3 aromatic rings. The average molecular weight is 382 g/mol. The molecule has 0 aromatic heterocycles. The van der Waals surface area contributed by atoms with Crippen LogP contribution in [0.15, 0.2) is 66.7 Å². The molecule has 0 aliphatic carbocycles. The lowest BCUT2D eigenvalue weighted by Gasteiger charge is -2.09. The topological polar surface area (TPSA) is 67.4 Å². The Labute approximate surface area is 160 Å². The van der Waals surface area contributed by atoms with E-state index in [2.05, 4.69) is 10.6 Å². The fourth-order valence-electron chi connectivity index (χ4n) is 2.45. The van der Waals surface area contributed by atoms with Gasteiger partial charge in [0, 0.05) is 16.8 Å². The minimum atomic E-state index is -0.871. The van der Waals surface area contributed by atoms with Gasteiger partial charge < -0.3 is 15.4 Å². The highest BCUT2D eigenvalue weighted by Gasteiger charge is 2.14. The maximum absolute atomic E-state index is 13.6. The lowest BCUT2D eigenvalue weighted by atomic mass is 10.1. The average Bonchev–Trinajstić information content (AvgIpc) is 2.71. The van der Waals surface area contributed by atoms with Gasteiger partial charge in [-0.1, -0.05) is 6.07 Å². The highest BCUT2D eigenvalue weighted by atomic mass is 19.1. The maximum Gasteiger partial charge on any atom is 0.255 e. The molecule has 0 saturated heterocycles. The smallest absolute Gasteiger partial charge is 0.255 e. The second kappa shape index (κ2) is 8.30. The monoisotopic (exact) mass is 382 g/mol. The number of hydrogen-bond donors (Lipinski definition) is 2. The summed E-state index contributed by atoms with van der Waals surface area (Å²) in [6.07, 6.45) is 0. The molecular formula is C21H16F2N2O3. The molecule has 0 heterocycles. The fraction of sp³-hybridized carbons (Fsp3) is 0.0476. The molecule has 0 radical (unpaired) electrons. The Morgan fingerprint density at radius 2 is 1.25 bits per heavy atom. The summed E-state index contributed by atoms with van der Waals surface area (Å²) >= 11 is 0. The van der Waals surface area contributed by atoms with E-state index in [1.54, 1.807) is 31.4 Å². The molecule has 2 amide bonds. The van der Waals surface area contributed by atoms with Gasteiger partial charge in [0.25, 0.3) is 11.8 Å². The number of nitrogens with one attached hydrogen (secondary N) is 2. The second-order valence-corrected chi connectivity index (χ2v) is 5.81. The first-order chi connectivity index (χ1) is 13.5. The van der Waals surface area contributed by atoms with E-state index in [4.69, 9.17) is 4.74 Å². The van der Waals surface area contributed by atoms with E-state index in [0.29, 0.717) is 17.0 Å². The molecule has 2 N–H and O–H groups in total. The van der Waals surface area contributed by atoms with Crippen molar-refractivity contribution in [1.29, 1.82) is 0 Å². The first-order valence-corrected chi connectivity index (χ1v) is 8.29. The summed E-state index contributed by atoms with van der Waals surface area (Å²) in [5.74, 6) is -2.13. The Morgan fingerprint density at radius 3 is 1.75 bits per heavy atom. The predicted octanol–water partition coefficient (Wildman–Crippen LogP) is 4.48. The van der Waals surface area contributed by atoms with Gasteiger partial charge in [0.2, 0.25) is 0 Å². The summed E-state index contributed by atoms with van der Waals surface area (Å²) in [4.78, 5) is 24.5. The fourth-order valence-corrected chi connectivity index (χ4v) is 2.45. The number of benzene rings is 3. The minimum absolute atomic E-state index is 0.156. The van der Waals surface area contributed by atoms with Gasteiger partial charge in [-0.05, 0) is 60.7 Å². The predicted molar refractivity (Wildman–Crippen MR) is 102 cm³/mol. The molecule has 0 saturated carbocycles. The molecule has 0 atom stereocenters. The zero-order valence-electron chi connectivity index (χ0n) is 14.8. The van der Waals surface area contributed by atoms with Crippen LogP contribution in [-0.4, -0.2) is 18.9 Å². The highest BCUT2D eigenvalue weighted by molar-refractivity contribution is 6.07. The lowest BCUT2D eigenvalue weighted by molar-refractivity contribution is 0.101. The molecule has 3 rings (SSSR count). The molecule has 0 fully saturated rings. The van der Waals surface area contributed by atoms with Crippen molar-refractivity contribution in [3.8, 4) is 5.75 Å². The Bertz CT molecular complexity index is 983. The van der Waals surface area contributed by atoms with Crippen molar-refractivity contribution in [1.82, 2.24) is 0 Å². The standard InChI is InChI=1S/C21H16F2N2O3/c1-28-16-11-9-15(10-12-16)24-20(26)13-5-7-14(8-6-13)21(27)25-19-17(22)3-2-4-18(19)23/h2-12H,1H3,(H,24,26)(H,25,27). The molecule has 142 valence electrons. The zero-order chi connectivity index (χ0) is 20.1. The number of anilines is 2. The normalized spacial score (nSPS) is 10.2. The van der Waals surface area contributed by atoms with Gasteiger partial charge in [-0.2, -0.15) is 0 Å². The highest BCUT2D eigenvalue weighted by Crippen LogP contribution is 2.19. The van der Waals surface area contributed by atoms with Crippen molar-refractivity contribution in [3.05, 3.63) is 89.5 Å². The first kappa shape index (κ1) is 19.0. The maximum atomic E-state index is 13.6. The van der Waals surface area contributed by atoms with Crippen molar-refractivity contribution in [2.24, 2.45) is 0 Å². The molecule has 28 heavy (non-hydrogen) atoms. The van der Waals surface area contributed by atoms with Gasteiger partial charge in [-0.15, -0.1) is 0 Å². The zero-order valence-corrected chi connectivity index (χ0v) is 14.8. The molecule has 0 aliphatic heterocycles. The molecule has 0 unspecified atom stereocenters. The minimum Gasteiger partial charge on any atom is -0.497 e. The van der Waals surface area contributed by atoms with Crippen LogP contribution in [-0.2, 0) is 0 Å². The number of ether oxygens (including phenoxy) is 1. The van der Waals surface area contributed by atoms with Crippen LogP contribution in [0.2, 0.25) is 0 Å². The van der Waals surface area contributed by atoms with E-state index in [1.807, 2.05) is 0 Å². The Morgan fingerprint density at radius 1 is 0.750 bits per heavy atom. The van der Waals surface area contributed by atoms with E-state index in [1.165, 1.54) is 30.3 Å². The summed E-state index contributed by atoms with van der Waals surface area (Å²) in [5.41, 5.74) is 0.546. The number of para-hydroxylation sites is 1. The summed E-state index contributed by atoms with van der Waals surface area (Å²) in [7, 11) is 1.55. The summed E-state index contributed by atoms with van der Waals surface area (Å²) < 4.78 is 32.3. The summed E-state index contributed by atoms with van der Waals surface area (Å²) in [5, 5.41) is 4.91. The largest absolute Gasteiger partial charge is 0.497 e. The van der Waals surface area contributed by atoms with Crippen LogP contribution in [0.25, 0.3) is 0 Å². The Kier molecular flexibility index (Phi) is 5.64. The van der Waals surface area contributed by atoms with Gasteiger partial charge in [0.05, 0.1) is 7.11 Å². The van der Waals surface area contributed by atoms with E-state index in [-0.39, 0.29) is 11.5 Å². The molecule has 0 spiro atoms. The van der Waals surface area contributed by atoms with Crippen LogP contribution < -0.4 is 15.4 Å². The Balaban J connectivity index is 1.68. The van der Waals surface area contributed by atoms with Gasteiger partial charge in [-0.3, -0.25) is 9.59 Å². The lowest BCUT2D eigenvalue weighted by Crippen LogP contribution is -2.15. The second-order valence-electron chi connectivity index (χ2n) is 5.81.